The molecule has 0 radical (unpaired) electrons. The van der Waals surface area contributed by atoms with Crippen molar-refractivity contribution >= 4 is 45.2 Å². The maximum atomic E-state index is 13.7. The highest BCUT2D eigenvalue weighted by molar-refractivity contribution is 7.99. The first-order chi connectivity index (χ1) is 16.0. The van der Waals surface area contributed by atoms with Crippen molar-refractivity contribution in [1.29, 1.82) is 0 Å². The Morgan fingerprint density at radius 1 is 1.21 bits per heavy atom. The number of benzene rings is 1. The number of hydrogen-bond acceptors (Lipinski definition) is 8. The summed E-state index contributed by atoms with van der Waals surface area (Å²) in [5.41, 5.74) is 1.80. The number of anilines is 1. The van der Waals surface area contributed by atoms with Gasteiger partial charge in [0.15, 0.2) is 5.16 Å². The summed E-state index contributed by atoms with van der Waals surface area (Å²) < 4.78 is 7.07. The summed E-state index contributed by atoms with van der Waals surface area (Å²) in [6, 6.07) is 9.51. The molecule has 3 aromatic heterocycles. The molecular weight excluding hydrogens is 458 g/mol. The fourth-order valence-electron chi connectivity index (χ4n) is 3.89. The summed E-state index contributed by atoms with van der Waals surface area (Å²) in [5, 5.41) is 11.6. The minimum atomic E-state index is -0.307. The van der Waals surface area contributed by atoms with E-state index in [9.17, 15) is 9.59 Å². The second kappa shape index (κ2) is 9.11. The number of para-hydroxylation sites is 1. The smallest absolute Gasteiger partial charge is 0.322 e. The van der Waals surface area contributed by atoms with Crippen LogP contribution in [0.3, 0.4) is 0 Å². The van der Waals surface area contributed by atoms with E-state index in [1.165, 1.54) is 16.6 Å². The van der Waals surface area contributed by atoms with Crippen LogP contribution < -0.4 is 10.9 Å². The zero-order chi connectivity index (χ0) is 22.9. The summed E-state index contributed by atoms with van der Waals surface area (Å²) in [6.45, 7) is 3.87. The highest BCUT2D eigenvalue weighted by Crippen LogP contribution is 2.35. The van der Waals surface area contributed by atoms with E-state index in [2.05, 4.69) is 15.5 Å². The maximum absolute atomic E-state index is 13.7. The van der Waals surface area contributed by atoms with Crippen LogP contribution in [0.25, 0.3) is 15.9 Å². The van der Waals surface area contributed by atoms with Gasteiger partial charge in [0.25, 0.3) is 5.56 Å². The van der Waals surface area contributed by atoms with Gasteiger partial charge in [0.1, 0.15) is 4.83 Å². The fraction of sp³-hybridized carbons (Fsp3) is 0.348. The number of aromatic nitrogens is 4. The lowest BCUT2D eigenvalue weighted by molar-refractivity contribution is -0.113. The van der Waals surface area contributed by atoms with E-state index in [4.69, 9.17) is 9.40 Å². The lowest BCUT2D eigenvalue weighted by Gasteiger charge is -2.13. The SMILES string of the molecule is CC(C)c1nnc(NC(=O)CSc2nc3sc4c(c3c(=O)n2-c2ccccc2)CCCC4)o1. The molecule has 1 N–H and O–H groups in total. The number of carbonyl (C=O) groups is 1. The van der Waals surface area contributed by atoms with E-state index in [0.29, 0.717) is 11.0 Å². The van der Waals surface area contributed by atoms with Crippen LogP contribution in [0, 0.1) is 0 Å². The summed E-state index contributed by atoms with van der Waals surface area (Å²) in [4.78, 5) is 33.1. The van der Waals surface area contributed by atoms with Gasteiger partial charge in [-0.25, -0.2) is 4.98 Å². The van der Waals surface area contributed by atoms with Crippen LogP contribution >= 0.6 is 23.1 Å². The molecule has 1 aliphatic rings. The first-order valence-electron chi connectivity index (χ1n) is 10.9. The number of nitrogens with one attached hydrogen (secondary N) is 1. The minimum absolute atomic E-state index is 0.0509. The van der Waals surface area contributed by atoms with Crippen LogP contribution in [0.5, 0.6) is 0 Å². The largest absolute Gasteiger partial charge is 0.408 e. The van der Waals surface area contributed by atoms with Gasteiger partial charge < -0.3 is 4.42 Å². The Labute approximate surface area is 198 Å². The standard InChI is InChI=1S/C23H23N5O3S2/c1-13(2)19-26-27-22(31-19)24-17(29)12-32-23-25-20-18(15-10-6-7-11-16(15)33-20)21(30)28(23)14-8-4-3-5-9-14/h3-5,8-9,13H,6-7,10-12H2,1-2H3,(H,24,27,29). The quantitative estimate of drug-likeness (QED) is 0.318. The molecule has 0 saturated heterocycles. The van der Waals surface area contributed by atoms with Gasteiger partial charge in [-0.15, -0.1) is 16.4 Å². The van der Waals surface area contributed by atoms with Crippen LogP contribution in [0.15, 0.2) is 44.7 Å². The first-order valence-corrected chi connectivity index (χ1v) is 12.7. The Bertz CT molecular complexity index is 1370. The molecule has 170 valence electrons. The Hall–Kier alpha value is -2.98. The van der Waals surface area contributed by atoms with Gasteiger partial charge in [0.2, 0.25) is 11.8 Å². The third-order valence-corrected chi connectivity index (χ3v) is 7.61. The average Bonchev–Trinajstić information content (AvgIpc) is 3.43. The molecule has 4 aromatic rings. The zero-order valence-electron chi connectivity index (χ0n) is 18.3. The van der Waals surface area contributed by atoms with Crippen molar-refractivity contribution in [3.8, 4) is 5.69 Å². The molecule has 0 saturated carbocycles. The second-order valence-electron chi connectivity index (χ2n) is 8.20. The fourth-order valence-corrected chi connectivity index (χ4v) is 6.01. The van der Waals surface area contributed by atoms with Crippen molar-refractivity contribution in [2.24, 2.45) is 0 Å². The van der Waals surface area contributed by atoms with E-state index in [1.807, 2.05) is 44.2 Å². The molecule has 0 aliphatic heterocycles. The molecule has 0 unspecified atom stereocenters. The van der Waals surface area contributed by atoms with Crippen LogP contribution in [-0.2, 0) is 17.6 Å². The number of aryl methyl sites for hydroxylation is 2. The molecule has 1 amide bonds. The summed E-state index contributed by atoms with van der Waals surface area (Å²) in [7, 11) is 0. The van der Waals surface area contributed by atoms with Gasteiger partial charge in [-0.1, -0.05) is 48.9 Å². The highest BCUT2D eigenvalue weighted by atomic mass is 32.2. The van der Waals surface area contributed by atoms with Crippen molar-refractivity contribution in [3.63, 3.8) is 0 Å². The molecule has 1 aliphatic carbocycles. The van der Waals surface area contributed by atoms with Gasteiger partial charge >= 0.3 is 6.01 Å². The normalized spacial score (nSPS) is 13.4. The number of hydrogen-bond donors (Lipinski definition) is 1. The third kappa shape index (κ3) is 4.32. The number of fused-ring (bicyclic) bond motifs is 3. The Morgan fingerprint density at radius 2 is 2.00 bits per heavy atom. The van der Waals surface area contributed by atoms with E-state index in [-0.39, 0.29) is 29.2 Å². The van der Waals surface area contributed by atoms with E-state index in [1.54, 1.807) is 15.9 Å². The molecule has 0 bridgehead atoms. The number of amides is 1. The van der Waals surface area contributed by atoms with Gasteiger partial charge in [-0.3, -0.25) is 19.5 Å². The second-order valence-corrected chi connectivity index (χ2v) is 10.2. The molecule has 3 heterocycles. The lowest BCUT2D eigenvalue weighted by atomic mass is 9.97. The number of thiophene rings is 1. The van der Waals surface area contributed by atoms with Crippen LogP contribution in [0.1, 0.15) is 48.9 Å². The third-order valence-electron chi connectivity index (χ3n) is 5.49. The number of rotatable bonds is 6. The highest BCUT2D eigenvalue weighted by Gasteiger charge is 2.23. The monoisotopic (exact) mass is 481 g/mol. The molecule has 0 atom stereocenters. The summed E-state index contributed by atoms with van der Waals surface area (Å²) in [5.74, 6) is 0.281. The Morgan fingerprint density at radius 3 is 2.76 bits per heavy atom. The van der Waals surface area contributed by atoms with Gasteiger partial charge in [-0.05, 0) is 43.4 Å². The summed E-state index contributed by atoms with van der Waals surface area (Å²) >= 11 is 2.82. The molecule has 10 heteroatoms. The molecule has 0 spiro atoms. The number of nitrogens with zero attached hydrogens (tertiary/aromatic N) is 4. The van der Waals surface area contributed by atoms with E-state index >= 15 is 0 Å². The van der Waals surface area contributed by atoms with Crippen LogP contribution in [0.4, 0.5) is 6.01 Å². The summed E-state index contributed by atoms with van der Waals surface area (Å²) in [6.07, 6.45) is 4.14. The number of thioether (sulfide) groups is 1. The Balaban J connectivity index is 1.47. The topological polar surface area (TPSA) is 103 Å². The Kier molecular flexibility index (Phi) is 6.03. The molecule has 8 nitrogen and oxygen atoms in total. The van der Waals surface area contributed by atoms with Crippen LogP contribution in [0.2, 0.25) is 0 Å². The van der Waals surface area contributed by atoms with Crippen molar-refractivity contribution < 1.29 is 9.21 Å². The molecule has 5 rings (SSSR count). The van der Waals surface area contributed by atoms with Crippen molar-refractivity contribution in [2.45, 2.75) is 50.6 Å². The first kappa shape index (κ1) is 21.8. The van der Waals surface area contributed by atoms with E-state index < -0.39 is 0 Å². The zero-order valence-corrected chi connectivity index (χ0v) is 20.0. The lowest BCUT2D eigenvalue weighted by Crippen LogP contribution is -2.23. The predicted molar refractivity (Wildman–Crippen MR) is 130 cm³/mol. The van der Waals surface area contributed by atoms with Crippen molar-refractivity contribution in [3.05, 3.63) is 57.0 Å². The molecular formula is C23H23N5O3S2. The van der Waals surface area contributed by atoms with Crippen LogP contribution in [-0.4, -0.2) is 31.4 Å². The molecule has 1 aromatic carbocycles. The predicted octanol–water partition coefficient (Wildman–Crippen LogP) is 4.56. The van der Waals surface area contributed by atoms with Gasteiger partial charge in [-0.2, -0.15) is 0 Å². The number of carbonyl (C=O) groups excluding carboxylic acids is 1. The van der Waals surface area contributed by atoms with Gasteiger partial charge in [0, 0.05) is 10.8 Å². The molecule has 33 heavy (non-hydrogen) atoms. The minimum Gasteiger partial charge on any atom is -0.408 e. The maximum Gasteiger partial charge on any atom is 0.322 e. The van der Waals surface area contributed by atoms with Crippen molar-refractivity contribution in [1.82, 2.24) is 19.7 Å². The average molecular weight is 482 g/mol. The van der Waals surface area contributed by atoms with E-state index in [0.717, 1.165) is 47.2 Å². The molecule has 0 fully saturated rings. The van der Waals surface area contributed by atoms with Gasteiger partial charge in [0.05, 0.1) is 16.8 Å². The van der Waals surface area contributed by atoms with Crippen molar-refractivity contribution in [2.75, 3.05) is 11.1 Å².